The van der Waals surface area contributed by atoms with E-state index in [9.17, 15) is 0 Å². The Bertz CT molecular complexity index is 467. The van der Waals surface area contributed by atoms with Gasteiger partial charge in [-0.2, -0.15) is 0 Å². The summed E-state index contributed by atoms with van der Waals surface area (Å²) >= 11 is 3.37. The van der Waals surface area contributed by atoms with Gasteiger partial charge >= 0.3 is 0 Å². The van der Waals surface area contributed by atoms with Crippen molar-refractivity contribution in [1.29, 1.82) is 0 Å². The smallest absolute Gasteiger partial charge is 0.126 e. The first-order valence-corrected chi connectivity index (χ1v) is 6.51. The fraction of sp³-hybridized carbons (Fsp3) is 0.308. The number of anilines is 1. The molecule has 0 saturated carbocycles. The molecule has 0 aliphatic heterocycles. The normalized spacial score (nSPS) is 12.7. The zero-order chi connectivity index (χ0) is 13.0. The lowest BCUT2D eigenvalue weighted by Gasteiger charge is -2.22. The Hall–Kier alpha value is -1.33. The monoisotopic (exact) mass is 309 g/mol. The molecule has 1 unspecified atom stereocenters. The molecule has 2 aromatic heterocycles. The fourth-order valence-electron chi connectivity index (χ4n) is 1.70. The van der Waals surface area contributed by atoms with Crippen LogP contribution >= 0.6 is 15.9 Å². The average molecular weight is 310 g/mol. The number of halogens is 1. The van der Waals surface area contributed by atoms with Gasteiger partial charge in [-0.3, -0.25) is 4.90 Å². The van der Waals surface area contributed by atoms with Crippen LogP contribution in [0.1, 0.15) is 11.8 Å². The maximum Gasteiger partial charge on any atom is 0.126 e. The lowest BCUT2D eigenvalue weighted by Crippen LogP contribution is -2.26. The minimum Gasteiger partial charge on any atom is -0.468 e. The number of pyridine rings is 1. The van der Waals surface area contributed by atoms with Gasteiger partial charge in [0.25, 0.3) is 0 Å². The highest BCUT2D eigenvalue weighted by Crippen LogP contribution is 2.19. The molecule has 0 fully saturated rings. The summed E-state index contributed by atoms with van der Waals surface area (Å²) in [4.78, 5) is 6.40. The molecule has 0 bridgehead atoms. The highest BCUT2D eigenvalue weighted by atomic mass is 79.9. The third-order valence-corrected chi connectivity index (χ3v) is 3.17. The van der Waals surface area contributed by atoms with Crippen molar-refractivity contribution < 1.29 is 4.42 Å². The van der Waals surface area contributed by atoms with Gasteiger partial charge in [-0.25, -0.2) is 4.98 Å². The third kappa shape index (κ3) is 3.34. The molecule has 18 heavy (non-hydrogen) atoms. The highest BCUT2D eigenvalue weighted by Gasteiger charge is 2.16. The van der Waals surface area contributed by atoms with Gasteiger partial charge in [0.05, 0.1) is 12.3 Å². The van der Waals surface area contributed by atoms with Gasteiger partial charge in [0.2, 0.25) is 0 Å². The molecule has 96 valence electrons. The van der Waals surface area contributed by atoms with Crippen molar-refractivity contribution in [2.24, 2.45) is 0 Å². The van der Waals surface area contributed by atoms with Crippen LogP contribution in [0.15, 0.2) is 45.6 Å². The van der Waals surface area contributed by atoms with Crippen LogP contribution in [0.4, 0.5) is 5.82 Å². The summed E-state index contributed by atoms with van der Waals surface area (Å²) < 4.78 is 6.43. The maximum atomic E-state index is 5.45. The van der Waals surface area contributed by atoms with Crippen LogP contribution in [0.3, 0.4) is 0 Å². The Morgan fingerprint density at radius 2 is 2.22 bits per heavy atom. The largest absolute Gasteiger partial charge is 0.468 e. The molecule has 1 N–H and O–H groups in total. The van der Waals surface area contributed by atoms with Crippen LogP contribution in [0.5, 0.6) is 0 Å². The Morgan fingerprint density at radius 3 is 2.78 bits per heavy atom. The summed E-state index contributed by atoms with van der Waals surface area (Å²) in [5.41, 5.74) is 0. The predicted octanol–water partition coefficient (Wildman–Crippen LogP) is 3.15. The molecule has 0 saturated heterocycles. The maximum absolute atomic E-state index is 5.45. The molecule has 2 aromatic rings. The number of hydrogen-bond donors (Lipinski definition) is 1. The van der Waals surface area contributed by atoms with Crippen LogP contribution in [-0.4, -0.2) is 30.5 Å². The van der Waals surface area contributed by atoms with E-state index in [1.165, 1.54) is 0 Å². The van der Waals surface area contributed by atoms with E-state index in [-0.39, 0.29) is 6.04 Å². The van der Waals surface area contributed by atoms with Gasteiger partial charge < -0.3 is 9.73 Å². The molecule has 0 aromatic carbocycles. The summed E-state index contributed by atoms with van der Waals surface area (Å²) in [7, 11) is 4.06. The van der Waals surface area contributed by atoms with Crippen molar-refractivity contribution in [3.8, 4) is 0 Å². The lowest BCUT2D eigenvalue weighted by atomic mass is 10.2. The Kier molecular flexibility index (Phi) is 4.38. The molecular formula is C13H16BrN3O. The number of rotatable bonds is 5. The van der Waals surface area contributed by atoms with Crippen molar-refractivity contribution in [3.05, 3.63) is 47.0 Å². The second-order valence-electron chi connectivity index (χ2n) is 4.24. The number of aromatic nitrogens is 1. The van der Waals surface area contributed by atoms with Gasteiger partial charge in [0.1, 0.15) is 11.6 Å². The van der Waals surface area contributed by atoms with E-state index in [2.05, 4.69) is 31.1 Å². The molecule has 2 rings (SSSR count). The molecule has 2 heterocycles. The van der Waals surface area contributed by atoms with Crippen molar-refractivity contribution >= 4 is 21.7 Å². The minimum absolute atomic E-state index is 0.186. The van der Waals surface area contributed by atoms with E-state index in [0.29, 0.717) is 0 Å². The summed E-state index contributed by atoms with van der Waals surface area (Å²) in [6.45, 7) is 0.745. The second kappa shape index (κ2) is 6.02. The average Bonchev–Trinajstić information content (AvgIpc) is 2.85. The summed E-state index contributed by atoms with van der Waals surface area (Å²) in [6, 6.07) is 7.99. The van der Waals surface area contributed by atoms with E-state index < -0.39 is 0 Å². The van der Waals surface area contributed by atoms with Crippen molar-refractivity contribution in [2.75, 3.05) is 26.0 Å². The van der Waals surface area contributed by atoms with Gasteiger partial charge in [0, 0.05) is 17.2 Å². The number of furan rings is 1. The molecule has 5 heteroatoms. The standard InChI is InChI=1S/C13H16BrN3O/c1-17(2)11(12-4-3-7-18-12)9-16-13-6-5-10(14)8-15-13/h3-8,11H,9H2,1-2H3,(H,15,16). The van der Waals surface area contributed by atoms with Gasteiger partial charge in [0.15, 0.2) is 0 Å². The van der Waals surface area contributed by atoms with Crippen molar-refractivity contribution in [1.82, 2.24) is 9.88 Å². The molecular weight excluding hydrogens is 294 g/mol. The van der Waals surface area contributed by atoms with E-state index >= 15 is 0 Å². The van der Waals surface area contributed by atoms with E-state index in [1.807, 2.05) is 38.4 Å². The third-order valence-electron chi connectivity index (χ3n) is 2.70. The number of nitrogens with one attached hydrogen (secondary N) is 1. The molecule has 0 aliphatic carbocycles. The summed E-state index contributed by atoms with van der Waals surface area (Å²) in [5.74, 6) is 1.81. The summed E-state index contributed by atoms with van der Waals surface area (Å²) in [5, 5.41) is 3.31. The van der Waals surface area contributed by atoms with Gasteiger partial charge in [-0.1, -0.05) is 0 Å². The van der Waals surface area contributed by atoms with Crippen LogP contribution in [-0.2, 0) is 0 Å². The van der Waals surface area contributed by atoms with E-state index in [0.717, 1.165) is 22.6 Å². The van der Waals surface area contributed by atoms with E-state index in [4.69, 9.17) is 4.42 Å². The Morgan fingerprint density at radius 1 is 1.39 bits per heavy atom. The Labute approximate surface area is 115 Å². The number of nitrogens with zero attached hydrogens (tertiary/aromatic N) is 2. The predicted molar refractivity (Wildman–Crippen MR) is 75.6 cm³/mol. The van der Waals surface area contributed by atoms with Crippen molar-refractivity contribution in [2.45, 2.75) is 6.04 Å². The molecule has 4 nitrogen and oxygen atoms in total. The fourth-order valence-corrected chi connectivity index (χ4v) is 1.93. The lowest BCUT2D eigenvalue weighted by molar-refractivity contribution is 0.269. The minimum atomic E-state index is 0.186. The SMILES string of the molecule is CN(C)C(CNc1ccc(Br)cn1)c1ccco1. The van der Waals surface area contributed by atoms with Crippen LogP contribution in [0.25, 0.3) is 0 Å². The highest BCUT2D eigenvalue weighted by molar-refractivity contribution is 9.10. The van der Waals surface area contributed by atoms with E-state index in [1.54, 1.807) is 12.5 Å². The van der Waals surface area contributed by atoms with Gasteiger partial charge in [-0.15, -0.1) is 0 Å². The van der Waals surface area contributed by atoms with Crippen LogP contribution in [0.2, 0.25) is 0 Å². The molecule has 0 spiro atoms. The molecule has 0 aliphatic rings. The Balaban J connectivity index is 2.00. The zero-order valence-corrected chi connectivity index (χ0v) is 12.0. The van der Waals surface area contributed by atoms with Crippen molar-refractivity contribution in [3.63, 3.8) is 0 Å². The zero-order valence-electron chi connectivity index (χ0n) is 10.4. The van der Waals surface area contributed by atoms with Crippen LogP contribution in [0, 0.1) is 0 Å². The molecule has 1 atom stereocenters. The second-order valence-corrected chi connectivity index (χ2v) is 5.15. The summed E-state index contributed by atoms with van der Waals surface area (Å²) in [6.07, 6.45) is 3.48. The van der Waals surface area contributed by atoms with Gasteiger partial charge in [-0.05, 0) is 54.3 Å². The van der Waals surface area contributed by atoms with Crippen LogP contribution < -0.4 is 5.32 Å². The topological polar surface area (TPSA) is 41.3 Å². The first kappa shape index (κ1) is 13.1. The quantitative estimate of drug-likeness (QED) is 0.921. The number of likely N-dealkylation sites (N-methyl/N-ethyl adjacent to an activating group) is 1. The molecule has 0 amide bonds. The number of hydrogen-bond acceptors (Lipinski definition) is 4. The molecule has 0 radical (unpaired) electrons. The first-order chi connectivity index (χ1) is 8.66. The first-order valence-electron chi connectivity index (χ1n) is 5.72.